The molecule has 1 N–H and O–H groups in total. The van der Waals surface area contributed by atoms with E-state index < -0.39 is 0 Å². The number of benzene rings is 1. The molecule has 1 fully saturated rings. The average Bonchev–Trinajstić information content (AvgIpc) is 3.25. The number of carbonyl (C=O) groups is 1. The fraction of sp³-hybridized carbons (Fsp3) is 0.263. The van der Waals surface area contributed by atoms with Crippen LogP contribution in [0.4, 0.5) is 11.6 Å². The Kier molecular flexibility index (Phi) is 5.06. The van der Waals surface area contributed by atoms with Crippen LogP contribution in [0.5, 0.6) is 0 Å². The standard InChI is InChI=1S/C19H20N6O2/c26-19(16-6-7-22-27-16)23-17-12-18(21-14-20-17)25-10-8-24(9-11-25)13-15-4-2-1-3-5-15/h1-7,12,14H,8-11,13H2,(H,20,21,23,26). The first kappa shape index (κ1) is 17.2. The molecule has 0 atom stereocenters. The maximum atomic E-state index is 12.1. The fourth-order valence-corrected chi connectivity index (χ4v) is 3.08. The molecule has 0 unspecified atom stereocenters. The molecule has 3 aromatic rings. The molecule has 27 heavy (non-hydrogen) atoms. The van der Waals surface area contributed by atoms with Crippen LogP contribution < -0.4 is 10.2 Å². The fourth-order valence-electron chi connectivity index (χ4n) is 3.08. The van der Waals surface area contributed by atoms with Crippen molar-refractivity contribution in [3.05, 3.63) is 66.3 Å². The molecule has 2 aromatic heterocycles. The Balaban J connectivity index is 1.35. The average molecular weight is 364 g/mol. The summed E-state index contributed by atoms with van der Waals surface area (Å²) in [5, 5.41) is 6.24. The highest BCUT2D eigenvalue weighted by Gasteiger charge is 2.19. The summed E-state index contributed by atoms with van der Waals surface area (Å²) in [7, 11) is 0. The van der Waals surface area contributed by atoms with Crippen LogP contribution in [0.15, 0.2) is 59.5 Å². The van der Waals surface area contributed by atoms with Gasteiger partial charge in [-0.1, -0.05) is 35.5 Å². The second kappa shape index (κ2) is 7.96. The van der Waals surface area contributed by atoms with Gasteiger partial charge < -0.3 is 14.7 Å². The summed E-state index contributed by atoms with van der Waals surface area (Å²) in [5.41, 5.74) is 1.32. The Morgan fingerprint density at radius 3 is 2.63 bits per heavy atom. The van der Waals surface area contributed by atoms with E-state index in [4.69, 9.17) is 4.52 Å². The molecule has 8 heteroatoms. The van der Waals surface area contributed by atoms with Crippen LogP contribution in [-0.4, -0.2) is 52.1 Å². The van der Waals surface area contributed by atoms with Crippen LogP contribution in [0.1, 0.15) is 16.1 Å². The van der Waals surface area contributed by atoms with Crippen molar-refractivity contribution in [3.8, 4) is 0 Å². The lowest BCUT2D eigenvalue weighted by atomic mass is 10.2. The quantitative estimate of drug-likeness (QED) is 0.741. The Morgan fingerprint density at radius 2 is 1.89 bits per heavy atom. The summed E-state index contributed by atoms with van der Waals surface area (Å²) in [4.78, 5) is 25.1. The van der Waals surface area contributed by atoms with Crippen molar-refractivity contribution in [2.24, 2.45) is 0 Å². The summed E-state index contributed by atoms with van der Waals surface area (Å²) in [6.07, 6.45) is 2.89. The number of hydrogen-bond acceptors (Lipinski definition) is 7. The number of nitrogens with zero attached hydrogens (tertiary/aromatic N) is 5. The van der Waals surface area contributed by atoms with Gasteiger partial charge in [0.15, 0.2) is 0 Å². The van der Waals surface area contributed by atoms with Crippen molar-refractivity contribution in [1.82, 2.24) is 20.0 Å². The van der Waals surface area contributed by atoms with E-state index in [2.05, 4.69) is 54.5 Å². The highest BCUT2D eigenvalue weighted by Crippen LogP contribution is 2.17. The molecule has 1 aliphatic rings. The van der Waals surface area contributed by atoms with Crippen LogP contribution in [0, 0.1) is 0 Å². The van der Waals surface area contributed by atoms with E-state index in [9.17, 15) is 4.79 Å². The lowest BCUT2D eigenvalue weighted by Crippen LogP contribution is -2.46. The van der Waals surface area contributed by atoms with Crippen LogP contribution in [0.2, 0.25) is 0 Å². The second-order valence-electron chi connectivity index (χ2n) is 6.34. The first-order valence-corrected chi connectivity index (χ1v) is 8.83. The highest BCUT2D eigenvalue weighted by atomic mass is 16.5. The predicted molar refractivity (Wildman–Crippen MR) is 100 cm³/mol. The summed E-state index contributed by atoms with van der Waals surface area (Å²) in [6.45, 7) is 4.62. The van der Waals surface area contributed by atoms with Gasteiger partial charge in [0.1, 0.15) is 18.0 Å². The van der Waals surface area contributed by atoms with Gasteiger partial charge in [0, 0.05) is 44.9 Å². The monoisotopic (exact) mass is 364 g/mol. The van der Waals surface area contributed by atoms with Gasteiger partial charge in [-0.3, -0.25) is 9.69 Å². The molecule has 1 amide bonds. The van der Waals surface area contributed by atoms with E-state index >= 15 is 0 Å². The number of piperazine rings is 1. The van der Waals surface area contributed by atoms with E-state index in [1.54, 1.807) is 6.07 Å². The predicted octanol–water partition coefficient (Wildman–Crippen LogP) is 2.04. The van der Waals surface area contributed by atoms with Crippen molar-refractivity contribution in [2.45, 2.75) is 6.54 Å². The van der Waals surface area contributed by atoms with Gasteiger partial charge in [0.25, 0.3) is 5.91 Å². The van der Waals surface area contributed by atoms with Gasteiger partial charge in [0.2, 0.25) is 5.76 Å². The van der Waals surface area contributed by atoms with E-state index in [1.807, 2.05) is 6.07 Å². The second-order valence-corrected chi connectivity index (χ2v) is 6.34. The molecule has 0 aliphatic carbocycles. The first-order chi connectivity index (χ1) is 13.3. The topological polar surface area (TPSA) is 87.4 Å². The molecule has 1 aliphatic heterocycles. The minimum atomic E-state index is -0.384. The molecule has 0 spiro atoms. The van der Waals surface area contributed by atoms with Crippen molar-refractivity contribution in [3.63, 3.8) is 0 Å². The van der Waals surface area contributed by atoms with Gasteiger partial charge in [-0.15, -0.1) is 0 Å². The lowest BCUT2D eigenvalue weighted by Gasteiger charge is -2.35. The smallest absolute Gasteiger partial charge is 0.295 e. The molecular weight excluding hydrogens is 344 g/mol. The van der Waals surface area contributed by atoms with Gasteiger partial charge in [0.05, 0.1) is 6.20 Å². The van der Waals surface area contributed by atoms with E-state index in [1.165, 1.54) is 24.2 Å². The molecule has 0 saturated carbocycles. The number of carbonyl (C=O) groups excluding carboxylic acids is 1. The summed E-state index contributed by atoms with van der Waals surface area (Å²) >= 11 is 0. The molecule has 0 radical (unpaired) electrons. The van der Waals surface area contributed by atoms with Gasteiger partial charge in [-0.2, -0.15) is 0 Å². The molecule has 3 heterocycles. The zero-order valence-corrected chi connectivity index (χ0v) is 14.8. The third-order valence-electron chi connectivity index (χ3n) is 4.50. The number of anilines is 2. The van der Waals surface area contributed by atoms with Crippen molar-refractivity contribution >= 4 is 17.5 Å². The Hall–Kier alpha value is -3.26. The van der Waals surface area contributed by atoms with Crippen LogP contribution in [-0.2, 0) is 6.54 Å². The number of rotatable bonds is 5. The number of aromatic nitrogens is 3. The Morgan fingerprint density at radius 1 is 1.07 bits per heavy atom. The van der Waals surface area contributed by atoms with Crippen LogP contribution in [0.25, 0.3) is 0 Å². The minimum Gasteiger partial charge on any atom is -0.354 e. The van der Waals surface area contributed by atoms with Crippen molar-refractivity contribution in [1.29, 1.82) is 0 Å². The number of amides is 1. The lowest BCUT2D eigenvalue weighted by molar-refractivity contribution is 0.0987. The summed E-state index contributed by atoms with van der Waals surface area (Å²) in [6, 6.07) is 13.8. The summed E-state index contributed by atoms with van der Waals surface area (Å²) < 4.78 is 4.85. The van der Waals surface area contributed by atoms with Gasteiger partial charge in [-0.25, -0.2) is 9.97 Å². The third kappa shape index (κ3) is 4.29. The Bertz CT molecular complexity index is 876. The largest absolute Gasteiger partial charge is 0.354 e. The first-order valence-electron chi connectivity index (χ1n) is 8.83. The van der Waals surface area contributed by atoms with Gasteiger partial charge >= 0.3 is 0 Å². The summed E-state index contributed by atoms with van der Waals surface area (Å²) in [5.74, 6) is 1.000. The van der Waals surface area contributed by atoms with Crippen LogP contribution in [0.3, 0.4) is 0 Å². The zero-order chi connectivity index (χ0) is 18.5. The Labute approximate surface area is 156 Å². The van der Waals surface area contributed by atoms with Crippen molar-refractivity contribution < 1.29 is 9.32 Å². The normalized spacial score (nSPS) is 14.9. The number of nitrogens with one attached hydrogen (secondary N) is 1. The van der Waals surface area contributed by atoms with E-state index in [0.717, 1.165) is 38.5 Å². The van der Waals surface area contributed by atoms with Crippen LogP contribution >= 0.6 is 0 Å². The highest BCUT2D eigenvalue weighted by molar-refractivity contribution is 6.01. The third-order valence-corrected chi connectivity index (χ3v) is 4.50. The molecule has 1 saturated heterocycles. The van der Waals surface area contributed by atoms with E-state index in [0.29, 0.717) is 5.82 Å². The van der Waals surface area contributed by atoms with Gasteiger partial charge in [-0.05, 0) is 5.56 Å². The molecule has 4 rings (SSSR count). The molecule has 1 aromatic carbocycles. The maximum Gasteiger partial charge on any atom is 0.295 e. The maximum absolute atomic E-state index is 12.1. The van der Waals surface area contributed by atoms with Crippen molar-refractivity contribution in [2.75, 3.05) is 36.4 Å². The van der Waals surface area contributed by atoms with E-state index in [-0.39, 0.29) is 11.7 Å². The molecular formula is C19H20N6O2. The minimum absolute atomic E-state index is 0.143. The zero-order valence-electron chi connectivity index (χ0n) is 14.8. The number of hydrogen-bond donors (Lipinski definition) is 1. The molecule has 138 valence electrons. The molecule has 0 bridgehead atoms. The molecule has 8 nitrogen and oxygen atoms in total. The SMILES string of the molecule is O=C(Nc1cc(N2CCN(Cc3ccccc3)CC2)ncn1)c1ccno1.